The molecule has 1 saturated heterocycles. The third-order valence-electron chi connectivity index (χ3n) is 5.77. The lowest BCUT2D eigenvalue weighted by molar-refractivity contribution is 0.175. The van der Waals surface area contributed by atoms with Gasteiger partial charge in [0.05, 0.1) is 6.54 Å². The third-order valence-corrected chi connectivity index (χ3v) is 5.77. The Morgan fingerprint density at radius 2 is 1.93 bits per heavy atom. The number of benzene rings is 1. The van der Waals surface area contributed by atoms with Crippen LogP contribution in [0.25, 0.3) is 0 Å². The zero-order valence-electron chi connectivity index (χ0n) is 15.5. The molecular formula is C21H23F2N3O2. The van der Waals surface area contributed by atoms with E-state index in [1.165, 1.54) is 18.2 Å². The Kier molecular flexibility index (Phi) is 5.15. The van der Waals surface area contributed by atoms with E-state index in [4.69, 9.17) is 4.74 Å². The molecule has 0 radical (unpaired) electrons. The summed E-state index contributed by atoms with van der Waals surface area (Å²) < 4.78 is 34.4. The molecule has 2 fully saturated rings. The first-order valence-electron chi connectivity index (χ1n) is 9.61. The Labute approximate surface area is 162 Å². The van der Waals surface area contributed by atoms with Crippen molar-refractivity contribution in [3.63, 3.8) is 0 Å². The van der Waals surface area contributed by atoms with Gasteiger partial charge in [-0.1, -0.05) is 12.5 Å². The minimum Gasteiger partial charge on any atom is -0.488 e. The second-order valence-corrected chi connectivity index (χ2v) is 7.55. The number of nitrogens with zero attached hydrogens (tertiary/aromatic N) is 2. The fourth-order valence-corrected chi connectivity index (χ4v) is 4.10. The average molecular weight is 387 g/mol. The van der Waals surface area contributed by atoms with Gasteiger partial charge in [0.25, 0.3) is 0 Å². The van der Waals surface area contributed by atoms with Gasteiger partial charge in [-0.05, 0) is 37.1 Å². The van der Waals surface area contributed by atoms with Crippen molar-refractivity contribution in [1.82, 2.24) is 15.2 Å². The largest absolute Gasteiger partial charge is 0.488 e. The van der Waals surface area contributed by atoms with E-state index < -0.39 is 17.0 Å². The van der Waals surface area contributed by atoms with Gasteiger partial charge in [0, 0.05) is 42.9 Å². The van der Waals surface area contributed by atoms with Gasteiger partial charge in [0.15, 0.2) is 0 Å². The summed E-state index contributed by atoms with van der Waals surface area (Å²) in [5.41, 5.74) is -0.556. The Morgan fingerprint density at radius 1 is 1.21 bits per heavy atom. The number of carbonyl (C=O) groups excluding carboxylic acids is 1. The Morgan fingerprint density at radius 3 is 2.57 bits per heavy atom. The first-order valence-corrected chi connectivity index (χ1v) is 9.61. The Bertz CT molecular complexity index is 823. The van der Waals surface area contributed by atoms with Crippen LogP contribution in [0, 0.1) is 11.6 Å². The van der Waals surface area contributed by atoms with Crippen molar-refractivity contribution in [2.45, 2.75) is 37.2 Å². The highest BCUT2D eigenvalue weighted by atomic mass is 19.1. The number of likely N-dealkylation sites (tertiary alicyclic amines) is 1. The lowest BCUT2D eigenvalue weighted by Crippen LogP contribution is -2.50. The van der Waals surface area contributed by atoms with Crippen LogP contribution in [0.3, 0.4) is 0 Å². The van der Waals surface area contributed by atoms with Crippen LogP contribution in [-0.2, 0) is 5.41 Å². The van der Waals surface area contributed by atoms with Gasteiger partial charge in [-0.15, -0.1) is 0 Å². The monoisotopic (exact) mass is 387 g/mol. The summed E-state index contributed by atoms with van der Waals surface area (Å²) in [4.78, 5) is 18.2. The molecule has 1 aliphatic heterocycles. The molecule has 28 heavy (non-hydrogen) atoms. The zero-order valence-corrected chi connectivity index (χ0v) is 15.5. The normalized spacial score (nSPS) is 20.5. The molecule has 2 aliphatic rings. The van der Waals surface area contributed by atoms with E-state index in [-0.39, 0.29) is 24.2 Å². The molecule has 0 unspecified atom stereocenters. The highest BCUT2D eigenvalue weighted by Crippen LogP contribution is 2.45. The molecule has 0 spiro atoms. The molecule has 1 aromatic heterocycles. The van der Waals surface area contributed by atoms with Gasteiger partial charge in [0.1, 0.15) is 23.5 Å². The van der Waals surface area contributed by atoms with Crippen LogP contribution in [-0.4, -0.2) is 41.7 Å². The smallest absolute Gasteiger partial charge is 0.317 e. The molecule has 4 rings (SSSR count). The van der Waals surface area contributed by atoms with E-state index in [2.05, 4.69) is 10.3 Å². The van der Waals surface area contributed by atoms with Crippen molar-refractivity contribution in [3.05, 3.63) is 59.9 Å². The molecule has 0 bridgehead atoms. The number of halogens is 2. The summed E-state index contributed by atoms with van der Waals surface area (Å²) in [6.45, 7) is 1.30. The number of hydrogen-bond donors (Lipinski definition) is 1. The van der Waals surface area contributed by atoms with Crippen LogP contribution in [0.1, 0.15) is 31.2 Å². The van der Waals surface area contributed by atoms with E-state index in [1.807, 2.05) is 0 Å². The van der Waals surface area contributed by atoms with Crippen molar-refractivity contribution in [1.29, 1.82) is 0 Å². The molecule has 2 aromatic rings. The van der Waals surface area contributed by atoms with E-state index in [1.54, 1.807) is 29.4 Å². The molecule has 1 saturated carbocycles. The molecule has 1 aromatic carbocycles. The van der Waals surface area contributed by atoms with Crippen molar-refractivity contribution in [2.75, 3.05) is 19.6 Å². The lowest BCUT2D eigenvalue weighted by atomic mass is 9.64. The average Bonchev–Trinajstić information content (AvgIpc) is 3.12. The number of carbonyl (C=O) groups is 1. The first kappa shape index (κ1) is 18.7. The topological polar surface area (TPSA) is 54.5 Å². The Hall–Kier alpha value is -2.70. The molecule has 7 heteroatoms. The van der Waals surface area contributed by atoms with Crippen LogP contribution in [0.4, 0.5) is 13.6 Å². The second-order valence-electron chi connectivity index (χ2n) is 7.55. The van der Waals surface area contributed by atoms with E-state index in [0.29, 0.717) is 25.9 Å². The predicted octanol–water partition coefficient (Wildman–Crippen LogP) is 3.64. The maximum atomic E-state index is 14.3. The number of aromatic nitrogens is 1. The number of urea groups is 1. The van der Waals surface area contributed by atoms with Gasteiger partial charge in [-0.25, -0.2) is 13.6 Å². The van der Waals surface area contributed by atoms with E-state index in [9.17, 15) is 13.6 Å². The maximum Gasteiger partial charge on any atom is 0.317 e. The van der Waals surface area contributed by atoms with Crippen LogP contribution in [0.5, 0.6) is 5.75 Å². The van der Waals surface area contributed by atoms with Crippen molar-refractivity contribution in [2.24, 2.45) is 0 Å². The van der Waals surface area contributed by atoms with Crippen molar-refractivity contribution in [3.8, 4) is 5.75 Å². The molecule has 1 aliphatic carbocycles. The summed E-state index contributed by atoms with van der Waals surface area (Å²) >= 11 is 0. The summed E-state index contributed by atoms with van der Waals surface area (Å²) in [6, 6.07) is 7.28. The third kappa shape index (κ3) is 3.66. The van der Waals surface area contributed by atoms with Gasteiger partial charge in [-0.3, -0.25) is 4.98 Å². The molecular weight excluding hydrogens is 364 g/mol. The SMILES string of the molecule is O=C(NCC1(c2c(F)cccc2F)CCC1)N1CC[C@@H](Oc2ccncc2)C1. The van der Waals surface area contributed by atoms with Gasteiger partial charge in [0.2, 0.25) is 0 Å². The summed E-state index contributed by atoms with van der Waals surface area (Å²) in [7, 11) is 0. The minimum atomic E-state index is -0.655. The fraction of sp³-hybridized carbons (Fsp3) is 0.429. The number of ether oxygens (including phenoxy) is 1. The number of amides is 2. The van der Waals surface area contributed by atoms with Gasteiger partial charge < -0.3 is 15.0 Å². The highest BCUT2D eigenvalue weighted by molar-refractivity contribution is 5.74. The number of rotatable bonds is 5. The lowest BCUT2D eigenvalue weighted by Gasteiger charge is -2.43. The minimum absolute atomic E-state index is 0.0742. The molecule has 148 valence electrons. The molecule has 1 atom stereocenters. The summed E-state index contributed by atoms with van der Waals surface area (Å²) in [5, 5.41) is 2.89. The van der Waals surface area contributed by atoms with Crippen LogP contribution >= 0.6 is 0 Å². The van der Waals surface area contributed by atoms with Crippen LogP contribution in [0.15, 0.2) is 42.7 Å². The standard InChI is InChI=1S/C21H23F2N3O2/c22-17-3-1-4-18(23)19(17)21(8-2-9-21)14-25-20(27)26-12-7-16(13-26)28-15-5-10-24-11-6-15/h1,3-6,10-11,16H,2,7-9,12-14H2,(H,25,27)/t16-/m1/s1. The van der Waals surface area contributed by atoms with E-state index in [0.717, 1.165) is 18.6 Å². The first-order chi connectivity index (χ1) is 13.6. The van der Waals surface area contributed by atoms with Crippen LogP contribution < -0.4 is 10.1 Å². The quantitative estimate of drug-likeness (QED) is 0.852. The predicted molar refractivity (Wildman–Crippen MR) is 100 cm³/mol. The summed E-state index contributed by atoms with van der Waals surface area (Å²) in [5.74, 6) is -0.354. The number of nitrogens with one attached hydrogen (secondary N) is 1. The van der Waals surface area contributed by atoms with Crippen LogP contribution in [0.2, 0.25) is 0 Å². The fourth-order valence-electron chi connectivity index (χ4n) is 4.10. The zero-order chi connectivity index (χ0) is 19.6. The Balaban J connectivity index is 1.35. The second kappa shape index (κ2) is 7.73. The van der Waals surface area contributed by atoms with Crippen molar-refractivity contribution >= 4 is 6.03 Å². The maximum absolute atomic E-state index is 14.3. The highest BCUT2D eigenvalue weighted by Gasteiger charge is 2.43. The molecule has 2 amide bonds. The number of hydrogen-bond acceptors (Lipinski definition) is 3. The molecule has 5 nitrogen and oxygen atoms in total. The van der Waals surface area contributed by atoms with Crippen molar-refractivity contribution < 1.29 is 18.3 Å². The molecule has 1 N–H and O–H groups in total. The van der Waals surface area contributed by atoms with Gasteiger partial charge in [-0.2, -0.15) is 0 Å². The van der Waals surface area contributed by atoms with Gasteiger partial charge >= 0.3 is 6.03 Å². The number of pyridine rings is 1. The summed E-state index contributed by atoms with van der Waals surface area (Å²) in [6.07, 6.45) is 6.22. The molecule has 2 heterocycles. The van der Waals surface area contributed by atoms with E-state index >= 15 is 0 Å².